The van der Waals surface area contributed by atoms with Gasteiger partial charge in [-0.1, -0.05) is 0 Å². The highest BCUT2D eigenvalue weighted by Crippen LogP contribution is 2.33. The lowest BCUT2D eigenvalue weighted by molar-refractivity contribution is -0.148. The first-order valence-corrected chi connectivity index (χ1v) is 5.43. The average Bonchev–Trinajstić information content (AvgIpc) is 2.70. The molecular formula is C10H17NO4. The van der Waals surface area contributed by atoms with Gasteiger partial charge in [0.2, 0.25) is 0 Å². The molecule has 2 saturated heterocycles. The van der Waals surface area contributed by atoms with Gasteiger partial charge in [0.05, 0.1) is 18.8 Å². The van der Waals surface area contributed by atoms with Crippen LogP contribution >= 0.6 is 0 Å². The minimum atomic E-state index is -0.729. The van der Waals surface area contributed by atoms with Gasteiger partial charge in [-0.15, -0.1) is 0 Å². The van der Waals surface area contributed by atoms with Gasteiger partial charge in [-0.05, 0) is 19.8 Å². The minimum Gasteiger partial charge on any atom is -0.465 e. The minimum absolute atomic E-state index is 0.0746. The third-order valence-corrected chi connectivity index (χ3v) is 3.31. The van der Waals surface area contributed by atoms with Gasteiger partial charge in [0, 0.05) is 12.6 Å². The van der Waals surface area contributed by atoms with E-state index in [0.29, 0.717) is 19.6 Å². The number of hydrogen-bond donors (Lipinski definition) is 2. The monoisotopic (exact) mass is 215 g/mol. The highest BCUT2D eigenvalue weighted by Gasteiger charge is 2.49. The maximum absolute atomic E-state index is 11.6. The molecule has 0 aromatic carbocycles. The van der Waals surface area contributed by atoms with Crippen molar-refractivity contribution in [3.63, 3.8) is 0 Å². The van der Waals surface area contributed by atoms with Crippen molar-refractivity contribution in [3.8, 4) is 0 Å². The fraction of sp³-hybridized carbons (Fsp3) is 0.900. The summed E-state index contributed by atoms with van der Waals surface area (Å²) in [6.07, 6.45) is 0.0197. The van der Waals surface area contributed by atoms with E-state index in [2.05, 4.69) is 0 Å². The summed E-state index contributed by atoms with van der Waals surface area (Å²) in [4.78, 5) is 13.4. The van der Waals surface area contributed by atoms with E-state index in [-0.39, 0.29) is 18.1 Å². The molecule has 0 saturated carbocycles. The zero-order valence-electron chi connectivity index (χ0n) is 8.80. The van der Waals surface area contributed by atoms with Crippen LogP contribution in [-0.2, 0) is 9.53 Å². The summed E-state index contributed by atoms with van der Waals surface area (Å²) in [5.74, 6) is -0.235. The first-order chi connectivity index (χ1) is 7.15. The Hall–Kier alpha value is -0.650. The van der Waals surface area contributed by atoms with Crippen LogP contribution in [-0.4, -0.2) is 58.5 Å². The van der Waals surface area contributed by atoms with Crippen molar-refractivity contribution < 1.29 is 19.7 Å². The predicted molar refractivity (Wildman–Crippen MR) is 52.2 cm³/mol. The van der Waals surface area contributed by atoms with Crippen LogP contribution < -0.4 is 0 Å². The summed E-state index contributed by atoms with van der Waals surface area (Å²) in [6.45, 7) is 2.52. The molecule has 2 aliphatic heterocycles. The summed E-state index contributed by atoms with van der Waals surface area (Å²) in [7, 11) is 0. The average molecular weight is 215 g/mol. The molecule has 0 aliphatic carbocycles. The molecule has 0 radical (unpaired) electrons. The Kier molecular flexibility index (Phi) is 2.95. The van der Waals surface area contributed by atoms with Crippen molar-refractivity contribution in [2.24, 2.45) is 0 Å². The molecule has 2 rings (SSSR count). The highest BCUT2D eigenvalue weighted by molar-refractivity contribution is 5.76. The van der Waals surface area contributed by atoms with Crippen molar-refractivity contribution in [1.82, 2.24) is 4.90 Å². The number of carbonyl (C=O) groups excluding carboxylic acids is 1. The predicted octanol–water partition coefficient (Wildman–Crippen LogP) is -0.882. The standard InChI is InChI=1S/C10H17NO4/c1-2-15-10(14)7-4-3-6-9(13)8(12)5-11(6)7/h6-9,12-13H,2-5H2,1H3/t6-,7+,8-,9+/m0/s1. The SMILES string of the molecule is CCOC(=O)[C@H]1CC[C@H]2[C@@H](O)[C@@H](O)CN12. The van der Waals surface area contributed by atoms with Gasteiger partial charge in [0.15, 0.2) is 0 Å². The molecule has 0 spiro atoms. The normalized spacial score (nSPS) is 40.5. The largest absolute Gasteiger partial charge is 0.465 e. The van der Waals surface area contributed by atoms with E-state index in [0.717, 1.165) is 6.42 Å². The summed E-state index contributed by atoms with van der Waals surface area (Å²) < 4.78 is 4.96. The van der Waals surface area contributed by atoms with Gasteiger partial charge in [0.25, 0.3) is 0 Å². The van der Waals surface area contributed by atoms with Crippen molar-refractivity contribution in [2.45, 2.75) is 44.1 Å². The smallest absolute Gasteiger partial charge is 0.323 e. The Morgan fingerprint density at radius 2 is 2.20 bits per heavy atom. The molecule has 4 atom stereocenters. The number of aliphatic hydroxyl groups excluding tert-OH is 2. The number of rotatable bonds is 2. The fourth-order valence-electron chi connectivity index (χ4n) is 2.59. The molecule has 2 heterocycles. The first kappa shape index (κ1) is 10.9. The molecule has 0 aromatic rings. The molecule has 15 heavy (non-hydrogen) atoms. The van der Waals surface area contributed by atoms with Crippen LogP contribution in [0, 0.1) is 0 Å². The van der Waals surface area contributed by atoms with Crippen LogP contribution in [0.3, 0.4) is 0 Å². The Morgan fingerprint density at radius 3 is 2.87 bits per heavy atom. The van der Waals surface area contributed by atoms with Crippen LogP contribution in [0.4, 0.5) is 0 Å². The molecule has 5 nitrogen and oxygen atoms in total. The molecule has 0 unspecified atom stereocenters. The molecule has 0 bridgehead atoms. The van der Waals surface area contributed by atoms with E-state index in [1.807, 2.05) is 4.90 Å². The third-order valence-electron chi connectivity index (χ3n) is 3.31. The molecule has 2 aliphatic rings. The second-order valence-corrected chi connectivity index (χ2v) is 4.17. The van der Waals surface area contributed by atoms with E-state index in [9.17, 15) is 15.0 Å². The number of fused-ring (bicyclic) bond motifs is 1. The second-order valence-electron chi connectivity index (χ2n) is 4.17. The number of aliphatic hydroxyl groups is 2. The maximum Gasteiger partial charge on any atom is 0.323 e. The summed E-state index contributed by atoms with van der Waals surface area (Å²) >= 11 is 0. The Morgan fingerprint density at radius 1 is 1.47 bits per heavy atom. The lowest BCUT2D eigenvalue weighted by Gasteiger charge is -2.21. The Bertz CT molecular complexity index is 258. The third kappa shape index (κ3) is 1.75. The van der Waals surface area contributed by atoms with Gasteiger partial charge in [-0.2, -0.15) is 0 Å². The molecule has 2 fully saturated rings. The van der Waals surface area contributed by atoms with Crippen LogP contribution in [0.25, 0.3) is 0 Å². The van der Waals surface area contributed by atoms with E-state index in [1.165, 1.54) is 0 Å². The van der Waals surface area contributed by atoms with Gasteiger partial charge < -0.3 is 14.9 Å². The van der Waals surface area contributed by atoms with Gasteiger partial charge in [0.1, 0.15) is 6.04 Å². The van der Waals surface area contributed by atoms with Crippen LogP contribution in [0.5, 0.6) is 0 Å². The first-order valence-electron chi connectivity index (χ1n) is 5.43. The molecule has 0 amide bonds. The second kappa shape index (κ2) is 4.08. The van der Waals surface area contributed by atoms with Crippen molar-refractivity contribution in [1.29, 1.82) is 0 Å². The van der Waals surface area contributed by atoms with Crippen LogP contribution in [0.1, 0.15) is 19.8 Å². The van der Waals surface area contributed by atoms with Crippen LogP contribution in [0.2, 0.25) is 0 Å². The topological polar surface area (TPSA) is 70.0 Å². The van der Waals surface area contributed by atoms with E-state index in [4.69, 9.17) is 4.74 Å². The zero-order valence-corrected chi connectivity index (χ0v) is 8.80. The number of carbonyl (C=O) groups is 1. The molecule has 2 N–H and O–H groups in total. The lowest BCUT2D eigenvalue weighted by atomic mass is 10.1. The number of esters is 1. The van der Waals surface area contributed by atoms with Gasteiger partial charge in [-0.25, -0.2) is 0 Å². The molecule has 5 heteroatoms. The number of ether oxygens (including phenoxy) is 1. The highest BCUT2D eigenvalue weighted by atomic mass is 16.5. The fourth-order valence-corrected chi connectivity index (χ4v) is 2.59. The van der Waals surface area contributed by atoms with Crippen LogP contribution in [0.15, 0.2) is 0 Å². The Labute approximate surface area is 88.6 Å². The molecule has 86 valence electrons. The van der Waals surface area contributed by atoms with Crippen molar-refractivity contribution >= 4 is 5.97 Å². The summed E-state index contributed by atoms with van der Waals surface area (Å²) in [5, 5.41) is 19.1. The Balaban J connectivity index is 2.03. The lowest BCUT2D eigenvalue weighted by Crippen LogP contribution is -2.40. The zero-order chi connectivity index (χ0) is 11.0. The van der Waals surface area contributed by atoms with E-state index >= 15 is 0 Å². The maximum atomic E-state index is 11.6. The molecule has 0 aromatic heterocycles. The summed E-state index contributed by atoms with van der Waals surface area (Å²) in [6, 6.07) is -0.351. The van der Waals surface area contributed by atoms with Gasteiger partial charge in [-0.3, -0.25) is 9.69 Å². The summed E-state index contributed by atoms with van der Waals surface area (Å²) in [5.41, 5.74) is 0. The number of nitrogens with zero attached hydrogens (tertiary/aromatic N) is 1. The van der Waals surface area contributed by atoms with E-state index < -0.39 is 12.2 Å². The van der Waals surface area contributed by atoms with E-state index in [1.54, 1.807) is 6.92 Å². The quantitative estimate of drug-likeness (QED) is 0.585. The molecular weight excluding hydrogens is 198 g/mol. The van der Waals surface area contributed by atoms with Gasteiger partial charge >= 0.3 is 5.97 Å². The van der Waals surface area contributed by atoms with Crippen molar-refractivity contribution in [2.75, 3.05) is 13.2 Å². The number of hydrogen-bond acceptors (Lipinski definition) is 5. The van der Waals surface area contributed by atoms with Crippen molar-refractivity contribution in [3.05, 3.63) is 0 Å².